The van der Waals surface area contributed by atoms with E-state index in [2.05, 4.69) is 10.1 Å². The van der Waals surface area contributed by atoms with E-state index in [9.17, 15) is 14.0 Å². The number of carbonyl (C=O) groups is 1. The molecule has 1 fully saturated rings. The van der Waals surface area contributed by atoms with Crippen LogP contribution in [0.2, 0.25) is 0 Å². The van der Waals surface area contributed by atoms with Gasteiger partial charge in [0.15, 0.2) is 0 Å². The average molecular weight is 460 g/mol. The molecule has 0 saturated carbocycles. The lowest BCUT2D eigenvalue weighted by Gasteiger charge is -2.32. The zero-order valence-electron chi connectivity index (χ0n) is 19.2. The fourth-order valence-electron chi connectivity index (χ4n) is 4.77. The van der Waals surface area contributed by atoms with Gasteiger partial charge in [-0.25, -0.2) is 13.9 Å². The molecule has 2 aromatic carbocycles. The lowest BCUT2D eigenvalue weighted by molar-refractivity contribution is -0.127. The quantitative estimate of drug-likeness (QED) is 0.466. The van der Waals surface area contributed by atoms with Crippen molar-refractivity contribution in [2.75, 3.05) is 13.1 Å². The van der Waals surface area contributed by atoms with Gasteiger partial charge in [-0.15, -0.1) is 0 Å². The number of imidazole rings is 1. The number of nitrogens with zero attached hydrogens (tertiary/aromatic N) is 4. The van der Waals surface area contributed by atoms with Gasteiger partial charge in [0.05, 0.1) is 22.4 Å². The van der Waals surface area contributed by atoms with Gasteiger partial charge in [0.25, 0.3) is 0 Å². The Bertz CT molecular complexity index is 1440. The molecule has 5 rings (SSSR count). The molecule has 2 aromatic heterocycles. The Balaban J connectivity index is 1.28. The number of hydrogen-bond acceptors (Lipinski definition) is 3. The highest BCUT2D eigenvalue weighted by atomic mass is 19.1. The van der Waals surface area contributed by atoms with Gasteiger partial charge in [-0.3, -0.25) is 9.36 Å². The number of likely N-dealkylation sites (tertiary alicyclic amines) is 1. The van der Waals surface area contributed by atoms with Gasteiger partial charge in [0.1, 0.15) is 5.82 Å². The van der Waals surface area contributed by atoms with Crippen LogP contribution >= 0.6 is 0 Å². The Morgan fingerprint density at radius 3 is 2.53 bits per heavy atom. The Morgan fingerprint density at radius 1 is 1.09 bits per heavy atom. The maximum Gasteiger partial charge on any atom is 0.326 e. The summed E-state index contributed by atoms with van der Waals surface area (Å²) in [4.78, 5) is 30.1. The molecule has 3 heterocycles. The summed E-state index contributed by atoms with van der Waals surface area (Å²) >= 11 is 0. The van der Waals surface area contributed by atoms with Crippen molar-refractivity contribution in [3.63, 3.8) is 0 Å². The molecule has 4 aromatic rings. The van der Waals surface area contributed by atoms with Crippen molar-refractivity contribution in [3.8, 4) is 5.69 Å². The number of hydrogen-bond donors (Lipinski definition) is 1. The summed E-state index contributed by atoms with van der Waals surface area (Å²) in [6, 6.07) is 13.9. The lowest BCUT2D eigenvalue weighted by Crippen LogP contribution is -2.39. The van der Waals surface area contributed by atoms with E-state index in [0.717, 1.165) is 46.5 Å². The van der Waals surface area contributed by atoms with E-state index in [-0.39, 0.29) is 23.5 Å². The highest BCUT2D eigenvalue weighted by molar-refractivity contribution is 5.92. The van der Waals surface area contributed by atoms with Gasteiger partial charge < -0.3 is 9.88 Å². The van der Waals surface area contributed by atoms with Gasteiger partial charge in [-0.2, -0.15) is 5.10 Å². The first-order chi connectivity index (χ1) is 16.4. The van der Waals surface area contributed by atoms with Gasteiger partial charge >= 0.3 is 5.69 Å². The second-order valence-corrected chi connectivity index (χ2v) is 8.68. The van der Waals surface area contributed by atoms with Crippen LogP contribution in [0.5, 0.6) is 0 Å². The summed E-state index contributed by atoms with van der Waals surface area (Å²) < 4.78 is 16.8. The maximum absolute atomic E-state index is 13.3. The smallest absolute Gasteiger partial charge is 0.326 e. The third-order valence-electron chi connectivity index (χ3n) is 6.58. The number of rotatable bonds is 4. The lowest BCUT2D eigenvalue weighted by atomic mass is 10.0. The van der Waals surface area contributed by atoms with Crippen molar-refractivity contribution in [2.45, 2.75) is 32.7 Å². The molecule has 7 nitrogen and oxygen atoms in total. The van der Waals surface area contributed by atoms with Crippen molar-refractivity contribution in [2.24, 2.45) is 0 Å². The Kier molecular flexibility index (Phi) is 5.65. The van der Waals surface area contributed by atoms with Crippen LogP contribution in [0.15, 0.2) is 59.4 Å². The minimum atomic E-state index is -0.297. The fourth-order valence-corrected chi connectivity index (χ4v) is 4.77. The summed E-state index contributed by atoms with van der Waals surface area (Å²) in [5.41, 5.74) is 4.95. The van der Waals surface area contributed by atoms with E-state index in [0.29, 0.717) is 13.1 Å². The molecule has 1 amide bonds. The number of aromatic amines is 1. The van der Waals surface area contributed by atoms with Gasteiger partial charge in [-0.05, 0) is 69.2 Å². The number of aryl methyl sites for hydroxylation is 1. The summed E-state index contributed by atoms with van der Waals surface area (Å²) in [6.07, 6.45) is 4.84. The number of H-pyrrole nitrogens is 1. The highest BCUT2D eigenvalue weighted by Crippen LogP contribution is 2.25. The van der Waals surface area contributed by atoms with Crippen LogP contribution in [0, 0.1) is 19.7 Å². The molecule has 0 spiro atoms. The first-order valence-corrected chi connectivity index (χ1v) is 11.4. The third kappa shape index (κ3) is 3.96. The molecule has 0 bridgehead atoms. The molecule has 0 atom stereocenters. The maximum atomic E-state index is 13.3. The van der Waals surface area contributed by atoms with Crippen LogP contribution in [-0.4, -0.2) is 43.2 Å². The number of halogens is 1. The van der Waals surface area contributed by atoms with E-state index < -0.39 is 0 Å². The Hall–Kier alpha value is -3.94. The Labute approximate surface area is 196 Å². The minimum Gasteiger partial charge on any atom is -0.339 e. The van der Waals surface area contributed by atoms with Crippen molar-refractivity contribution >= 4 is 23.0 Å². The number of amides is 1. The molecule has 0 radical (unpaired) electrons. The van der Waals surface area contributed by atoms with Crippen LogP contribution in [-0.2, 0) is 4.79 Å². The average Bonchev–Trinajstić information content (AvgIpc) is 3.33. The van der Waals surface area contributed by atoms with Crippen LogP contribution < -0.4 is 5.69 Å². The van der Waals surface area contributed by atoms with E-state index in [4.69, 9.17) is 0 Å². The van der Waals surface area contributed by atoms with E-state index in [1.54, 1.807) is 29.0 Å². The molecule has 0 aliphatic carbocycles. The van der Waals surface area contributed by atoms with Crippen molar-refractivity contribution < 1.29 is 9.18 Å². The van der Waals surface area contributed by atoms with Gasteiger partial charge in [-0.1, -0.05) is 12.1 Å². The number of carbonyl (C=O) groups excluding carboxylic acids is 1. The fraction of sp³-hybridized carbons (Fsp3) is 0.269. The van der Waals surface area contributed by atoms with Crippen molar-refractivity contribution in [1.29, 1.82) is 0 Å². The first kappa shape index (κ1) is 21.9. The van der Waals surface area contributed by atoms with E-state index >= 15 is 0 Å². The van der Waals surface area contributed by atoms with Crippen LogP contribution in [0.1, 0.15) is 35.8 Å². The molecular formula is C26H26FN5O2. The highest BCUT2D eigenvalue weighted by Gasteiger charge is 2.25. The summed E-state index contributed by atoms with van der Waals surface area (Å²) in [6.45, 7) is 5.00. The summed E-state index contributed by atoms with van der Waals surface area (Å²) in [5, 5.41) is 4.55. The molecular weight excluding hydrogens is 433 g/mol. The standard InChI is InChI=1S/C26H26FN5O2/c1-17-22(18(2)32(29-17)21-9-7-19(27)8-10-21)11-12-25(33)30-15-13-20(14-16-30)31-24-6-4-3-5-23(24)28-26(31)34/h3-12,20H,13-16H2,1-2H3,(H,28,34)/b12-11+. The van der Waals surface area contributed by atoms with Crippen LogP contribution in [0.3, 0.4) is 0 Å². The molecule has 8 heteroatoms. The zero-order chi connectivity index (χ0) is 23.8. The first-order valence-electron chi connectivity index (χ1n) is 11.4. The second-order valence-electron chi connectivity index (χ2n) is 8.68. The second kappa shape index (κ2) is 8.78. The SMILES string of the molecule is Cc1nn(-c2ccc(F)cc2)c(C)c1/C=C/C(=O)N1CCC(n2c(=O)[nH]c3ccccc32)CC1. The molecule has 0 unspecified atom stereocenters. The number of piperidine rings is 1. The number of fused-ring (bicyclic) bond motifs is 1. The summed E-state index contributed by atoms with van der Waals surface area (Å²) in [5.74, 6) is -0.354. The molecule has 1 saturated heterocycles. The zero-order valence-corrected chi connectivity index (χ0v) is 19.2. The third-order valence-corrected chi connectivity index (χ3v) is 6.58. The number of para-hydroxylation sites is 2. The Morgan fingerprint density at radius 2 is 1.79 bits per heavy atom. The van der Waals surface area contributed by atoms with Crippen molar-refractivity contribution in [1.82, 2.24) is 24.2 Å². The molecule has 174 valence electrons. The predicted molar refractivity (Wildman–Crippen MR) is 129 cm³/mol. The monoisotopic (exact) mass is 459 g/mol. The summed E-state index contributed by atoms with van der Waals surface area (Å²) in [7, 11) is 0. The normalized spacial score (nSPS) is 15.0. The number of benzene rings is 2. The molecule has 1 aliphatic heterocycles. The minimum absolute atomic E-state index is 0.0574. The topological polar surface area (TPSA) is 75.9 Å². The van der Waals surface area contributed by atoms with E-state index in [1.165, 1.54) is 12.1 Å². The molecule has 1 aliphatic rings. The molecule has 1 N–H and O–H groups in total. The van der Waals surface area contributed by atoms with Crippen molar-refractivity contribution in [3.05, 3.63) is 87.9 Å². The van der Waals surface area contributed by atoms with E-state index in [1.807, 2.05) is 47.6 Å². The van der Waals surface area contributed by atoms with Crippen LogP contribution in [0.25, 0.3) is 22.8 Å². The number of aromatic nitrogens is 4. The predicted octanol–water partition coefficient (Wildman–Crippen LogP) is 4.15. The number of nitrogens with one attached hydrogen (secondary N) is 1. The molecule has 34 heavy (non-hydrogen) atoms. The largest absolute Gasteiger partial charge is 0.339 e. The van der Waals surface area contributed by atoms with Gasteiger partial charge in [0, 0.05) is 36.5 Å². The van der Waals surface area contributed by atoms with Gasteiger partial charge in [0.2, 0.25) is 5.91 Å². The van der Waals surface area contributed by atoms with Crippen LogP contribution in [0.4, 0.5) is 4.39 Å².